The molecule has 0 bridgehead atoms. The maximum atomic E-state index is 12.5. The lowest BCUT2D eigenvalue weighted by Gasteiger charge is -2.36. The zero-order valence-corrected chi connectivity index (χ0v) is 16.6. The molecule has 3 atom stereocenters. The van der Waals surface area contributed by atoms with E-state index in [1.807, 2.05) is 30.3 Å². The average molecular weight is 372 g/mol. The average Bonchev–Trinajstić information content (AvgIpc) is 2.67. The first-order valence-electron chi connectivity index (χ1n) is 10.4. The monoisotopic (exact) mass is 371 g/mol. The number of para-hydroxylation sites is 1. The Morgan fingerprint density at radius 3 is 2.44 bits per heavy atom. The Kier molecular flexibility index (Phi) is 6.89. The van der Waals surface area contributed by atoms with E-state index in [1.165, 1.54) is 12.8 Å². The molecule has 148 valence electrons. The van der Waals surface area contributed by atoms with E-state index in [9.17, 15) is 9.59 Å². The molecule has 1 heterocycles. The van der Waals surface area contributed by atoms with Gasteiger partial charge in [0.25, 0.3) is 0 Å². The first-order chi connectivity index (χ1) is 13.0. The minimum atomic E-state index is 0.0312. The molecule has 0 aromatic heterocycles. The van der Waals surface area contributed by atoms with E-state index in [1.54, 1.807) is 0 Å². The van der Waals surface area contributed by atoms with E-state index >= 15 is 0 Å². The summed E-state index contributed by atoms with van der Waals surface area (Å²) in [5.74, 6) is 1.49. The van der Waals surface area contributed by atoms with Crippen LogP contribution in [0.2, 0.25) is 0 Å². The standard InChI is InChI=1S/C22H33N3O2/c1-16-7-6-10-20(17(16)2)24-21(26)15-25-13-11-18(12-14-25)22(27)23-19-8-4-3-5-9-19/h3-5,8-9,16-18,20H,6-7,10-15H2,1-2H3,(H,23,27)(H,24,26)/t16-,17+,20+/m1/s1. The zero-order valence-electron chi connectivity index (χ0n) is 16.6. The van der Waals surface area contributed by atoms with Gasteiger partial charge >= 0.3 is 0 Å². The lowest BCUT2D eigenvalue weighted by Crippen LogP contribution is -2.49. The van der Waals surface area contributed by atoms with Gasteiger partial charge in [0.15, 0.2) is 0 Å². The number of likely N-dealkylation sites (tertiary alicyclic amines) is 1. The molecule has 27 heavy (non-hydrogen) atoms. The number of amides is 2. The summed E-state index contributed by atoms with van der Waals surface area (Å²) in [6, 6.07) is 9.91. The van der Waals surface area contributed by atoms with Gasteiger partial charge in [-0.25, -0.2) is 0 Å². The molecule has 2 fully saturated rings. The summed E-state index contributed by atoms with van der Waals surface area (Å²) in [5.41, 5.74) is 0.847. The highest BCUT2D eigenvalue weighted by molar-refractivity contribution is 5.92. The van der Waals surface area contributed by atoms with Crippen molar-refractivity contribution in [1.82, 2.24) is 10.2 Å². The van der Waals surface area contributed by atoms with E-state index in [-0.39, 0.29) is 17.7 Å². The highest BCUT2D eigenvalue weighted by Crippen LogP contribution is 2.29. The van der Waals surface area contributed by atoms with Crippen molar-refractivity contribution in [1.29, 1.82) is 0 Å². The molecule has 2 aliphatic rings. The summed E-state index contributed by atoms with van der Waals surface area (Å²) < 4.78 is 0. The van der Waals surface area contributed by atoms with Gasteiger partial charge in [0.2, 0.25) is 11.8 Å². The predicted molar refractivity (Wildman–Crippen MR) is 108 cm³/mol. The van der Waals surface area contributed by atoms with Gasteiger partial charge in [-0.1, -0.05) is 44.9 Å². The molecule has 1 saturated heterocycles. The number of benzene rings is 1. The number of hydrogen-bond acceptors (Lipinski definition) is 3. The number of rotatable bonds is 5. The molecule has 0 radical (unpaired) electrons. The fourth-order valence-electron chi connectivity index (χ4n) is 4.36. The Morgan fingerprint density at radius 2 is 1.74 bits per heavy atom. The lowest BCUT2D eigenvalue weighted by atomic mass is 9.78. The summed E-state index contributed by atoms with van der Waals surface area (Å²) in [6.45, 7) is 6.60. The highest BCUT2D eigenvalue weighted by atomic mass is 16.2. The van der Waals surface area contributed by atoms with Crippen LogP contribution >= 0.6 is 0 Å². The smallest absolute Gasteiger partial charge is 0.234 e. The van der Waals surface area contributed by atoms with Crippen molar-refractivity contribution < 1.29 is 9.59 Å². The first-order valence-corrected chi connectivity index (χ1v) is 10.4. The number of nitrogens with zero attached hydrogens (tertiary/aromatic N) is 1. The molecular formula is C22H33N3O2. The van der Waals surface area contributed by atoms with Crippen molar-refractivity contribution in [3.05, 3.63) is 30.3 Å². The molecule has 3 rings (SSSR count). The second-order valence-electron chi connectivity index (χ2n) is 8.35. The van der Waals surface area contributed by atoms with Crippen LogP contribution in [0.5, 0.6) is 0 Å². The summed E-state index contributed by atoms with van der Waals surface area (Å²) >= 11 is 0. The second-order valence-corrected chi connectivity index (χ2v) is 8.35. The van der Waals surface area contributed by atoms with Crippen LogP contribution in [0, 0.1) is 17.8 Å². The molecule has 5 nitrogen and oxygen atoms in total. The summed E-state index contributed by atoms with van der Waals surface area (Å²) in [7, 11) is 0. The summed E-state index contributed by atoms with van der Waals surface area (Å²) in [5, 5.41) is 6.25. The van der Waals surface area contributed by atoms with Gasteiger partial charge < -0.3 is 10.6 Å². The van der Waals surface area contributed by atoms with Gasteiger partial charge in [-0.3, -0.25) is 14.5 Å². The van der Waals surface area contributed by atoms with Gasteiger partial charge in [-0.15, -0.1) is 0 Å². The predicted octanol–water partition coefficient (Wildman–Crippen LogP) is 3.28. The van der Waals surface area contributed by atoms with E-state index in [2.05, 4.69) is 29.4 Å². The quantitative estimate of drug-likeness (QED) is 0.835. The number of carbonyl (C=O) groups excluding carboxylic acids is 2. The van der Waals surface area contributed by atoms with Gasteiger partial charge in [0.1, 0.15) is 0 Å². The van der Waals surface area contributed by atoms with Gasteiger partial charge in [0.05, 0.1) is 6.54 Å². The summed E-state index contributed by atoms with van der Waals surface area (Å²) in [4.78, 5) is 27.1. The Labute approximate surface area is 162 Å². The van der Waals surface area contributed by atoms with Crippen LogP contribution in [-0.4, -0.2) is 42.4 Å². The Hall–Kier alpha value is -1.88. The minimum Gasteiger partial charge on any atom is -0.352 e. The van der Waals surface area contributed by atoms with Crippen LogP contribution in [0.1, 0.15) is 46.0 Å². The molecule has 1 aromatic carbocycles. The second kappa shape index (κ2) is 9.36. The third kappa shape index (κ3) is 5.55. The van der Waals surface area contributed by atoms with Crippen molar-refractivity contribution in [2.45, 2.75) is 52.0 Å². The minimum absolute atomic E-state index is 0.0312. The van der Waals surface area contributed by atoms with Crippen LogP contribution < -0.4 is 10.6 Å². The number of piperidine rings is 1. The lowest BCUT2D eigenvalue weighted by molar-refractivity contribution is -0.124. The summed E-state index contributed by atoms with van der Waals surface area (Å²) in [6.07, 6.45) is 5.19. The largest absolute Gasteiger partial charge is 0.352 e. The molecule has 1 aromatic rings. The molecular weight excluding hydrogens is 338 g/mol. The number of hydrogen-bond donors (Lipinski definition) is 2. The zero-order chi connectivity index (χ0) is 19.2. The Balaban J connectivity index is 1.40. The fourth-order valence-corrected chi connectivity index (χ4v) is 4.36. The van der Waals surface area contributed by atoms with Crippen molar-refractivity contribution in [3.63, 3.8) is 0 Å². The van der Waals surface area contributed by atoms with E-state index in [0.717, 1.165) is 38.0 Å². The molecule has 1 saturated carbocycles. The van der Waals surface area contributed by atoms with Crippen LogP contribution in [0.25, 0.3) is 0 Å². The van der Waals surface area contributed by atoms with Gasteiger partial charge in [0, 0.05) is 17.6 Å². The van der Waals surface area contributed by atoms with Crippen molar-refractivity contribution in [3.8, 4) is 0 Å². The van der Waals surface area contributed by atoms with Crippen LogP contribution in [0.3, 0.4) is 0 Å². The SMILES string of the molecule is C[C@H]1[C@H](C)CCC[C@@H]1NC(=O)CN1CCC(C(=O)Nc2ccccc2)CC1. The third-order valence-corrected chi connectivity index (χ3v) is 6.42. The van der Waals surface area contributed by atoms with Crippen LogP contribution in [0.4, 0.5) is 5.69 Å². The third-order valence-electron chi connectivity index (χ3n) is 6.42. The highest BCUT2D eigenvalue weighted by Gasteiger charge is 2.30. The molecule has 2 amide bonds. The van der Waals surface area contributed by atoms with E-state index < -0.39 is 0 Å². The molecule has 5 heteroatoms. The molecule has 2 N–H and O–H groups in total. The topological polar surface area (TPSA) is 61.4 Å². The molecule has 0 spiro atoms. The molecule has 1 aliphatic carbocycles. The van der Waals surface area contributed by atoms with Crippen molar-refractivity contribution in [2.75, 3.05) is 25.0 Å². The van der Waals surface area contributed by atoms with Gasteiger partial charge in [-0.2, -0.15) is 0 Å². The van der Waals surface area contributed by atoms with Gasteiger partial charge in [-0.05, 0) is 56.3 Å². The Morgan fingerprint density at radius 1 is 1.04 bits per heavy atom. The Bertz CT molecular complexity index is 626. The molecule has 0 unspecified atom stereocenters. The van der Waals surface area contributed by atoms with Crippen LogP contribution in [0.15, 0.2) is 30.3 Å². The number of anilines is 1. The number of nitrogens with one attached hydrogen (secondary N) is 2. The van der Waals surface area contributed by atoms with Crippen LogP contribution in [-0.2, 0) is 9.59 Å². The van der Waals surface area contributed by atoms with Crippen molar-refractivity contribution >= 4 is 17.5 Å². The fraction of sp³-hybridized carbons (Fsp3) is 0.636. The van der Waals surface area contributed by atoms with Crippen molar-refractivity contribution in [2.24, 2.45) is 17.8 Å². The first kappa shape index (κ1) is 19.9. The normalized spacial score (nSPS) is 27.1. The molecule has 1 aliphatic heterocycles. The maximum Gasteiger partial charge on any atom is 0.234 e. The van der Waals surface area contributed by atoms with E-state index in [0.29, 0.717) is 24.4 Å². The van der Waals surface area contributed by atoms with E-state index in [4.69, 9.17) is 0 Å². The maximum absolute atomic E-state index is 12.5. The number of carbonyl (C=O) groups is 2.